The summed E-state index contributed by atoms with van der Waals surface area (Å²) in [6, 6.07) is 0.0612. The molecule has 0 amide bonds. The van der Waals surface area contributed by atoms with Crippen molar-refractivity contribution >= 4 is 11.5 Å². The topological polar surface area (TPSA) is 152 Å². The number of aromatic nitrogens is 2. The van der Waals surface area contributed by atoms with Gasteiger partial charge in [-0.3, -0.25) is 9.36 Å². The molecule has 0 aliphatic carbocycles. The van der Waals surface area contributed by atoms with E-state index in [4.69, 9.17) is 15.2 Å². The third kappa shape index (κ3) is 2.78. The van der Waals surface area contributed by atoms with E-state index in [9.17, 15) is 20.1 Å². The van der Waals surface area contributed by atoms with Crippen LogP contribution in [0, 0.1) is 0 Å². The minimum absolute atomic E-state index is 0.0185. The van der Waals surface area contributed by atoms with Gasteiger partial charge in [-0.15, -0.1) is 0 Å². The van der Waals surface area contributed by atoms with Gasteiger partial charge in [0.05, 0.1) is 7.11 Å². The number of hydrogen-bond donors (Lipinski definition) is 5. The molecule has 2 rings (SSSR count). The molecule has 10 heteroatoms. The first-order valence-corrected chi connectivity index (χ1v) is 6.20. The smallest absolute Gasteiger partial charge is 0.300 e. The maximum absolute atomic E-state index is 12.1. The van der Waals surface area contributed by atoms with Crippen molar-refractivity contribution in [1.29, 1.82) is 0 Å². The van der Waals surface area contributed by atoms with Crippen LogP contribution in [0.2, 0.25) is 0 Å². The molecular weight excluding hydrogens is 284 g/mol. The summed E-state index contributed by atoms with van der Waals surface area (Å²) < 4.78 is 11.0. The molecule has 6 N–H and O–H groups in total. The molecule has 0 aromatic carbocycles. The number of anilines is 2. The van der Waals surface area contributed by atoms with Crippen LogP contribution in [-0.2, 0) is 11.8 Å². The van der Waals surface area contributed by atoms with Gasteiger partial charge >= 0.3 is 6.01 Å². The van der Waals surface area contributed by atoms with E-state index in [1.54, 1.807) is 0 Å². The zero-order valence-corrected chi connectivity index (χ0v) is 11.6. The molecule has 1 unspecified atom stereocenters. The summed E-state index contributed by atoms with van der Waals surface area (Å²) >= 11 is 0. The Kier molecular flexibility index (Phi) is 4.32. The Balaban J connectivity index is 2.15. The Bertz CT molecular complexity index is 577. The highest BCUT2D eigenvalue weighted by Crippen LogP contribution is 2.21. The lowest BCUT2D eigenvalue weighted by Gasteiger charge is -2.17. The Hall–Kier alpha value is -1.88. The maximum atomic E-state index is 12.1. The second-order valence-corrected chi connectivity index (χ2v) is 4.65. The summed E-state index contributed by atoms with van der Waals surface area (Å²) in [6.45, 7) is -0.0390. The van der Waals surface area contributed by atoms with Crippen molar-refractivity contribution in [3.8, 4) is 6.01 Å². The number of rotatable bonds is 4. The fraction of sp³-hybridized carbons (Fsp3) is 0.636. The number of nitrogens with one attached hydrogen (secondary N) is 1. The molecule has 0 saturated carbocycles. The largest absolute Gasteiger partial charge is 0.468 e. The van der Waals surface area contributed by atoms with Gasteiger partial charge < -0.3 is 35.8 Å². The fourth-order valence-corrected chi connectivity index (χ4v) is 2.05. The third-order valence-electron chi connectivity index (χ3n) is 3.28. The average Bonchev–Trinajstić information content (AvgIpc) is 2.70. The van der Waals surface area contributed by atoms with Crippen molar-refractivity contribution in [2.24, 2.45) is 7.05 Å². The maximum Gasteiger partial charge on any atom is 0.300 e. The number of aliphatic hydroxyl groups excluding tert-OH is 3. The van der Waals surface area contributed by atoms with Gasteiger partial charge in [-0.05, 0) is 0 Å². The first-order valence-electron chi connectivity index (χ1n) is 6.20. The first kappa shape index (κ1) is 15.5. The molecule has 1 aromatic heterocycles. The molecule has 21 heavy (non-hydrogen) atoms. The standard InChI is InChI=1S/C11H18N4O6/c1-15-9(18)5(8(12)14-11(15)20-2)13-3-4-6(16)7(17)10(19)21-4/h4,6-7,10,13,16-17,19H,3,12H2,1-2H3/t4?,6-,7-,10+/m1/s1. The summed E-state index contributed by atoms with van der Waals surface area (Å²) in [5.74, 6) is -0.0662. The van der Waals surface area contributed by atoms with Crippen LogP contribution in [0.3, 0.4) is 0 Å². The summed E-state index contributed by atoms with van der Waals surface area (Å²) in [4.78, 5) is 16.0. The first-order chi connectivity index (χ1) is 9.86. The van der Waals surface area contributed by atoms with Gasteiger partial charge in [-0.2, -0.15) is 4.98 Å². The van der Waals surface area contributed by atoms with Crippen molar-refractivity contribution in [3.63, 3.8) is 0 Å². The SMILES string of the molecule is COc1nc(N)c(NCC2O[C@H](O)[C@H](O)[C@@H]2O)c(=O)n1C. The van der Waals surface area contributed by atoms with E-state index >= 15 is 0 Å². The minimum atomic E-state index is -1.47. The molecule has 0 spiro atoms. The van der Waals surface area contributed by atoms with E-state index < -0.39 is 30.2 Å². The van der Waals surface area contributed by atoms with Gasteiger partial charge in [0, 0.05) is 13.6 Å². The summed E-state index contributed by atoms with van der Waals surface area (Å²) in [7, 11) is 2.83. The van der Waals surface area contributed by atoms with E-state index in [1.165, 1.54) is 14.2 Å². The van der Waals surface area contributed by atoms with Crippen LogP contribution < -0.4 is 21.3 Å². The van der Waals surface area contributed by atoms with Crippen LogP contribution in [0.25, 0.3) is 0 Å². The highest BCUT2D eigenvalue weighted by Gasteiger charge is 2.41. The van der Waals surface area contributed by atoms with Crippen molar-refractivity contribution < 1.29 is 24.8 Å². The monoisotopic (exact) mass is 302 g/mol. The number of hydrogen-bond acceptors (Lipinski definition) is 9. The highest BCUT2D eigenvalue weighted by molar-refractivity contribution is 5.60. The molecule has 118 valence electrons. The lowest BCUT2D eigenvalue weighted by molar-refractivity contribution is -0.124. The summed E-state index contributed by atoms with van der Waals surface area (Å²) in [6.07, 6.45) is -5.03. The van der Waals surface area contributed by atoms with Crippen LogP contribution in [0.5, 0.6) is 6.01 Å². The molecule has 1 aromatic rings. The van der Waals surface area contributed by atoms with E-state index in [0.717, 1.165) is 4.57 Å². The molecule has 1 fully saturated rings. The molecule has 10 nitrogen and oxygen atoms in total. The van der Waals surface area contributed by atoms with Crippen LogP contribution in [0.15, 0.2) is 4.79 Å². The van der Waals surface area contributed by atoms with E-state index in [-0.39, 0.29) is 24.1 Å². The van der Waals surface area contributed by atoms with Crippen LogP contribution in [-0.4, -0.2) is 63.1 Å². The quantitative estimate of drug-likeness (QED) is 0.397. The van der Waals surface area contributed by atoms with Crippen LogP contribution >= 0.6 is 0 Å². The third-order valence-corrected chi connectivity index (χ3v) is 3.28. The summed E-state index contributed by atoms with van der Waals surface area (Å²) in [5, 5.41) is 31.0. The molecule has 0 radical (unpaired) electrons. The Morgan fingerprint density at radius 2 is 2.10 bits per heavy atom. The van der Waals surface area contributed by atoms with Crippen molar-refractivity contribution in [2.45, 2.75) is 24.6 Å². The molecule has 4 atom stereocenters. The van der Waals surface area contributed by atoms with Gasteiger partial charge in [-0.25, -0.2) is 0 Å². The normalized spacial score (nSPS) is 28.6. The second-order valence-electron chi connectivity index (χ2n) is 4.65. The molecule has 0 bridgehead atoms. The zero-order chi connectivity index (χ0) is 15.7. The number of nitrogens with two attached hydrogens (primary N) is 1. The molecule has 1 aliphatic rings. The minimum Gasteiger partial charge on any atom is -0.468 e. The van der Waals surface area contributed by atoms with Crippen molar-refractivity contribution in [3.05, 3.63) is 10.4 Å². The lowest BCUT2D eigenvalue weighted by atomic mass is 10.1. The molecular formula is C11H18N4O6. The number of methoxy groups -OCH3 is 1. The van der Waals surface area contributed by atoms with E-state index in [2.05, 4.69) is 10.3 Å². The Morgan fingerprint density at radius 1 is 1.43 bits per heavy atom. The van der Waals surface area contributed by atoms with Crippen LogP contribution in [0.1, 0.15) is 0 Å². The Labute approximate surface area is 119 Å². The predicted molar refractivity (Wildman–Crippen MR) is 71.8 cm³/mol. The second kappa shape index (κ2) is 5.85. The van der Waals surface area contributed by atoms with Crippen molar-refractivity contribution in [1.82, 2.24) is 9.55 Å². The number of ether oxygens (including phenoxy) is 2. The fourth-order valence-electron chi connectivity index (χ4n) is 2.05. The average molecular weight is 302 g/mol. The van der Waals surface area contributed by atoms with Gasteiger partial charge in [0.2, 0.25) is 0 Å². The molecule has 1 aliphatic heterocycles. The predicted octanol–water partition coefficient (Wildman–Crippen LogP) is -2.78. The van der Waals surface area contributed by atoms with E-state index in [0.29, 0.717) is 0 Å². The van der Waals surface area contributed by atoms with Crippen LogP contribution in [0.4, 0.5) is 11.5 Å². The molecule has 2 heterocycles. The zero-order valence-electron chi connectivity index (χ0n) is 11.6. The van der Waals surface area contributed by atoms with Gasteiger partial charge in [0.15, 0.2) is 12.1 Å². The number of nitrogen functional groups attached to an aromatic ring is 1. The Morgan fingerprint density at radius 3 is 2.62 bits per heavy atom. The molecule has 1 saturated heterocycles. The lowest BCUT2D eigenvalue weighted by Crippen LogP contribution is -2.36. The van der Waals surface area contributed by atoms with E-state index in [1.807, 2.05) is 0 Å². The number of aliphatic hydroxyl groups is 3. The van der Waals surface area contributed by atoms with Gasteiger partial charge in [0.25, 0.3) is 5.56 Å². The van der Waals surface area contributed by atoms with Crippen molar-refractivity contribution in [2.75, 3.05) is 24.7 Å². The van der Waals surface area contributed by atoms with Gasteiger partial charge in [0.1, 0.15) is 24.0 Å². The highest BCUT2D eigenvalue weighted by atomic mass is 16.6. The summed E-state index contributed by atoms with van der Waals surface area (Å²) in [5.41, 5.74) is 5.23. The number of nitrogens with zero attached hydrogens (tertiary/aromatic N) is 2. The van der Waals surface area contributed by atoms with Gasteiger partial charge in [-0.1, -0.05) is 0 Å².